The maximum absolute atomic E-state index is 8.94. The topological polar surface area (TPSA) is 54.7 Å². The van der Waals surface area contributed by atoms with Crippen molar-refractivity contribution < 1.29 is 14.2 Å². The number of nitrogens with zero attached hydrogens (tertiary/aromatic N) is 2. The lowest BCUT2D eigenvalue weighted by molar-refractivity contribution is -0.0403. The largest absolute Gasteiger partial charge is 0.497 e. The Bertz CT molecular complexity index is 470. The molecule has 1 unspecified atom stereocenters. The molecule has 0 aliphatic carbocycles. The first-order chi connectivity index (χ1) is 9.21. The van der Waals surface area contributed by atoms with Crippen LogP contribution in [0.4, 0.5) is 0 Å². The Kier molecular flexibility index (Phi) is 4.61. The summed E-state index contributed by atoms with van der Waals surface area (Å²) < 4.78 is 16.5. The first kappa shape index (κ1) is 13.7. The standard InChI is InChI=1S/C14H18N2O3/c1-16-3-4-18-14(9-16)10-19-13-6-11(8-15)5-12(7-13)17-2/h5-7,14H,3-4,9-10H2,1-2H3. The van der Waals surface area contributed by atoms with Gasteiger partial charge in [-0.3, -0.25) is 0 Å². The van der Waals surface area contributed by atoms with Crippen LogP contribution in [0.3, 0.4) is 0 Å². The second-order valence-electron chi connectivity index (χ2n) is 4.58. The summed E-state index contributed by atoms with van der Waals surface area (Å²) in [5, 5.41) is 8.94. The molecule has 0 bridgehead atoms. The van der Waals surface area contributed by atoms with Gasteiger partial charge in [0.1, 0.15) is 24.2 Å². The van der Waals surface area contributed by atoms with Crippen LogP contribution in [0.1, 0.15) is 5.56 Å². The first-order valence-corrected chi connectivity index (χ1v) is 6.23. The van der Waals surface area contributed by atoms with Crippen LogP contribution in [0.2, 0.25) is 0 Å². The molecule has 1 aliphatic heterocycles. The van der Waals surface area contributed by atoms with Crippen molar-refractivity contribution in [3.8, 4) is 17.6 Å². The van der Waals surface area contributed by atoms with E-state index in [4.69, 9.17) is 19.5 Å². The van der Waals surface area contributed by atoms with Crippen LogP contribution in [0, 0.1) is 11.3 Å². The molecule has 102 valence electrons. The minimum atomic E-state index is 0.0653. The number of ether oxygens (including phenoxy) is 3. The van der Waals surface area contributed by atoms with E-state index in [9.17, 15) is 0 Å². The van der Waals surface area contributed by atoms with E-state index in [1.54, 1.807) is 25.3 Å². The Hall–Kier alpha value is -1.77. The molecule has 0 N–H and O–H groups in total. The van der Waals surface area contributed by atoms with E-state index < -0.39 is 0 Å². The number of hydrogen-bond acceptors (Lipinski definition) is 5. The van der Waals surface area contributed by atoms with Crippen molar-refractivity contribution >= 4 is 0 Å². The molecule has 1 aliphatic rings. The van der Waals surface area contributed by atoms with Gasteiger partial charge in [-0.15, -0.1) is 0 Å². The molecule has 0 spiro atoms. The van der Waals surface area contributed by atoms with E-state index in [1.165, 1.54) is 0 Å². The molecule has 1 saturated heterocycles. The highest BCUT2D eigenvalue weighted by atomic mass is 16.5. The summed E-state index contributed by atoms with van der Waals surface area (Å²) in [7, 11) is 3.63. The van der Waals surface area contributed by atoms with Gasteiger partial charge in [-0.05, 0) is 19.2 Å². The number of methoxy groups -OCH3 is 1. The molecular formula is C14H18N2O3. The Morgan fingerprint density at radius 3 is 2.89 bits per heavy atom. The summed E-state index contributed by atoms with van der Waals surface area (Å²) in [5.41, 5.74) is 0.524. The van der Waals surface area contributed by atoms with Gasteiger partial charge in [0.15, 0.2) is 0 Å². The van der Waals surface area contributed by atoms with E-state index in [-0.39, 0.29) is 6.10 Å². The fourth-order valence-corrected chi connectivity index (χ4v) is 1.99. The van der Waals surface area contributed by atoms with Crippen molar-refractivity contribution in [2.75, 3.05) is 40.5 Å². The maximum Gasteiger partial charge on any atom is 0.124 e. The molecule has 5 heteroatoms. The zero-order valence-corrected chi connectivity index (χ0v) is 11.3. The summed E-state index contributed by atoms with van der Waals surface area (Å²) >= 11 is 0. The minimum Gasteiger partial charge on any atom is -0.497 e. The van der Waals surface area contributed by atoms with Crippen molar-refractivity contribution in [2.24, 2.45) is 0 Å². The number of nitriles is 1. The molecule has 1 aromatic carbocycles. The number of hydrogen-bond donors (Lipinski definition) is 0. The van der Waals surface area contributed by atoms with E-state index in [0.29, 0.717) is 23.7 Å². The molecule has 1 heterocycles. The first-order valence-electron chi connectivity index (χ1n) is 6.23. The molecule has 0 amide bonds. The van der Waals surface area contributed by atoms with Gasteiger partial charge in [-0.1, -0.05) is 0 Å². The van der Waals surface area contributed by atoms with Crippen LogP contribution in [0.25, 0.3) is 0 Å². The number of likely N-dealkylation sites (N-methyl/N-ethyl adjacent to an activating group) is 1. The number of morpholine rings is 1. The van der Waals surface area contributed by atoms with Crippen molar-refractivity contribution in [1.82, 2.24) is 4.90 Å². The molecule has 19 heavy (non-hydrogen) atoms. The molecular weight excluding hydrogens is 244 g/mol. The highest BCUT2D eigenvalue weighted by Crippen LogP contribution is 2.22. The van der Waals surface area contributed by atoms with E-state index in [1.807, 2.05) is 0 Å². The van der Waals surface area contributed by atoms with Crippen molar-refractivity contribution in [3.63, 3.8) is 0 Å². The highest BCUT2D eigenvalue weighted by molar-refractivity contribution is 5.43. The molecule has 0 radical (unpaired) electrons. The lowest BCUT2D eigenvalue weighted by Gasteiger charge is -2.29. The summed E-state index contributed by atoms with van der Waals surface area (Å²) in [6, 6.07) is 7.24. The average molecular weight is 262 g/mol. The highest BCUT2D eigenvalue weighted by Gasteiger charge is 2.18. The normalized spacial score (nSPS) is 19.7. The van der Waals surface area contributed by atoms with Gasteiger partial charge in [-0.2, -0.15) is 5.26 Å². The lowest BCUT2D eigenvalue weighted by atomic mass is 10.2. The predicted octanol–water partition coefficient (Wildman–Crippen LogP) is 1.28. The van der Waals surface area contributed by atoms with Gasteiger partial charge < -0.3 is 19.1 Å². The summed E-state index contributed by atoms with van der Waals surface area (Å²) in [5.74, 6) is 1.25. The lowest BCUT2D eigenvalue weighted by Crippen LogP contribution is -2.42. The van der Waals surface area contributed by atoms with Crippen LogP contribution < -0.4 is 9.47 Å². The van der Waals surface area contributed by atoms with Crippen molar-refractivity contribution in [3.05, 3.63) is 23.8 Å². The maximum atomic E-state index is 8.94. The SMILES string of the molecule is COc1cc(C#N)cc(OCC2CN(C)CCO2)c1. The third-order valence-electron chi connectivity index (χ3n) is 3.02. The van der Waals surface area contributed by atoms with Crippen LogP contribution in [0.15, 0.2) is 18.2 Å². The second kappa shape index (κ2) is 6.41. The summed E-state index contributed by atoms with van der Waals surface area (Å²) in [6.07, 6.45) is 0.0653. The smallest absolute Gasteiger partial charge is 0.124 e. The van der Waals surface area contributed by atoms with Gasteiger partial charge in [0.2, 0.25) is 0 Å². The number of rotatable bonds is 4. The van der Waals surface area contributed by atoms with E-state index in [0.717, 1.165) is 19.7 Å². The fourth-order valence-electron chi connectivity index (χ4n) is 1.99. The molecule has 5 nitrogen and oxygen atoms in total. The van der Waals surface area contributed by atoms with E-state index in [2.05, 4.69) is 18.0 Å². The van der Waals surface area contributed by atoms with Crippen molar-refractivity contribution in [2.45, 2.75) is 6.10 Å². The van der Waals surface area contributed by atoms with Crippen LogP contribution in [0.5, 0.6) is 11.5 Å². The Balaban J connectivity index is 1.97. The van der Waals surface area contributed by atoms with Gasteiger partial charge >= 0.3 is 0 Å². The quantitative estimate of drug-likeness (QED) is 0.818. The Labute approximate surface area is 113 Å². The van der Waals surface area contributed by atoms with Crippen LogP contribution in [-0.2, 0) is 4.74 Å². The monoisotopic (exact) mass is 262 g/mol. The van der Waals surface area contributed by atoms with Gasteiger partial charge in [0, 0.05) is 19.2 Å². The Morgan fingerprint density at radius 1 is 1.42 bits per heavy atom. The van der Waals surface area contributed by atoms with Crippen molar-refractivity contribution in [1.29, 1.82) is 5.26 Å². The summed E-state index contributed by atoms with van der Waals surface area (Å²) in [6.45, 7) is 3.01. The van der Waals surface area contributed by atoms with Gasteiger partial charge in [0.25, 0.3) is 0 Å². The van der Waals surface area contributed by atoms with Gasteiger partial charge in [-0.25, -0.2) is 0 Å². The Morgan fingerprint density at radius 2 is 2.21 bits per heavy atom. The average Bonchev–Trinajstić information content (AvgIpc) is 2.44. The fraction of sp³-hybridized carbons (Fsp3) is 0.500. The van der Waals surface area contributed by atoms with E-state index >= 15 is 0 Å². The minimum absolute atomic E-state index is 0.0653. The molecule has 0 aromatic heterocycles. The third kappa shape index (κ3) is 3.85. The molecule has 0 saturated carbocycles. The van der Waals surface area contributed by atoms with Gasteiger partial charge in [0.05, 0.1) is 25.3 Å². The zero-order valence-electron chi connectivity index (χ0n) is 11.3. The third-order valence-corrected chi connectivity index (χ3v) is 3.02. The molecule has 1 aromatic rings. The second-order valence-corrected chi connectivity index (χ2v) is 4.58. The molecule has 1 fully saturated rings. The number of benzene rings is 1. The zero-order chi connectivity index (χ0) is 13.7. The molecule has 1 atom stereocenters. The predicted molar refractivity (Wildman–Crippen MR) is 70.4 cm³/mol. The van der Waals surface area contributed by atoms with Crippen LogP contribution >= 0.6 is 0 Å². The van der Waals surface area contributed by atoms with Crippen LogP contribution in [-0.4, -0.2) is 51.5 Å². The molecule has 2 rings (SSSR count). The summed E-state index contributed by atoms with van der Waals surface area (Å²) in [4.78, 5) is 2.21.